The Morgan fingerprint density at radius 1 is 1.17 bits per heavy atom. The Morgan fingerprint density at radius 2 is 1.79 bits per heavy atom. The van der Waals surface area contributed by atoms with Crippen LogP contribution in [0.2, 0.25) is 5.02 Å². The van der Waals surface area contributed by atoms with Crippen molar-refractivity contribution in [1.82, 2.24) is 10.6 Å². The number of amides is 2. The van der Waals surface area contributed by atoms with E-state index >= 15 is 0 Å². The molecule has 29 heavy (non-hydrogen) atoms. The van der Waals surface area contributed by atoms with Crippen LogP contribution in [0, 0.1) is 23.1 Å². The Kier molecular flexibility index (Phi) is 5.13. The van der Waals surface area contributed by atoms with E-state index < -0.39 is 5.82 Å². The van der Waals surface area contributed by atoms with Crippen LogP contribution in [-0.4, -0.2) is 42.2 Å². The maximum absolute atomic E-state index is 13.4. The van der Waals surface area contributed by atoms with Crippen molar-refractivity contribution in [3.8, 4) is 11.8 Å². The number of carbonyl (C=O) groups excluding carboxylic acids is 2. The molecule has 1 aromatic rings. The standard InChI is InChI=1S/C20H21ClFN3O4/c21-15-2-1-13(5-16(15)22)28-7-17(26)24-19-9-20(10-19,11-19)25-18(27)8-29-14-3-12(4-14)6-23/h1-2,5,12,14H,3-4,7-11H2,(H,24,26)(H,25,27). The average molecular weight is 422 g/mol. The fourth-order valence-corrected chi connectivity index (χ4v) is 4.55. The summed E-state index contributed by atoms with van der Waals surface area (Å²) in [5.74, 6) is -0.783. The third kappa shape index (κ3) is 4.16. The van der Waals surface area contributed by atoms with Gasteiger partial charge in [0.15, 0.2) is 6.61 Å². The van der Waals surface area contributed by atoms with E-state index in [2.05, 4.69) is 16.7 Å². The van der Waals surface area contributed by atoms with Gasteiger partial charge in [-0.2, -0.15) is 5.26 Å². The Bertz CT molecular complexity index is 861. The minimum absolute atomic E-state index is 0.00169. The number of carbonyl (C=O) groups is 2. The molecule has 0 radical (unpaired) electrons. The third-order valence-electron chi connectivity index (χ3n) is 5.83. The molecule has 0 atom stereocenters. The van der Waals surface area contributed by atoms with Gasteiger partial charge in [-0.25, -0.2) is 4.39 Å². The van der Waals surface area contributed by atoms with Crippen molar-refractivity contribution >= 4 is 23.4 Å². The monoisotopic (exact) mass is 421 g/mol. The van der Waals surface area contributed by atoms with Crippen molar-refractivity contribution in [2.45, 2.75) is 49.3 Å². The van der Waals surface area contributed by atoms with Gasteiger partial charge >= 0.3 is 0 Å². The van der Waals surface area contributed by atoms with Gasteiger partial charge in [0, 0.05) is 17.1 Å². The van der Waals surface area contributed by atoms with Crippen LogP contribution in [0.4, 0.5) is 4.39 Å². The summed E-state index contributed by atoms with van der Waals surface area (Å²) in [5, 5.41) is 14.7. The molecule has 0 heterocycles. The number of rotatable bonds is 8. The van der Waals surface area contributed by atoms with Crippen molar-refractivity contribution < 1.29 is 23.5 Å². The molecular weight excluding hydrogens is 401 g/mol. The van der Waals surface area contributed by atoms with Gasteiger partial charge in [-0.1, -0.05) is 11.6 Å². The van der Waals surface area contributed by atoms with Crippen molar-refractivity contribution in [2.75, 3.05) is 13.2 Å². The fourth-order valence-electron chi connectivity index (χ4n) is 4.43. The topological polar surface area (TPSA) is 100 Å². The van der Waals surface area contributed by atoms with Crippen LogP contribution >= 0.6 is 11.6 Å². The van der Waals surface area contributed by atoms with Crippen molar-refractivity contribution in [3.05, 3.63) is 29.0 Å². The zero-order valence-electron chi connectivity index (χ0n) is 15.7. The maximum atomic E-state index is 13.4. The highest BCUT2D eigenvalue weighted by atomic mass is 35.5. The molecule has 4 fully saturated rings. The molecule has 0 unspecified atom stereocenters. The lowest BCUT2D eigenvalue weighted by Crippen LogP contribution is -2.84. The van der Waals surface area contributed by atoms with Crippen LogP contribution in [0.25, 0.3) is 0 Å². The molecule has 9 heteroatoms. The Balaban J connectivity index is 1.13. The van der Waals surface area contributed by atoms with Gasteiger partial charge in [0.2, 0.25) is 5.91 Å². The highest BCUT2D eigenvalue weighted by Gasteiger charge is 2.69. The van der Waals surface area contributed by atoms with Crippen molar-refractivity contribution in [1.29, 1.82) is 5.26 Å². The van der Waals surface area contributed by atoms with Gasteiger partial charge in [0.1, 0.15) is 18.2 Å². The Labute approximate surface area is 172 Å². The molecule has 4 saturated carbocycles. The van der Waals surface area contributed by atoms with E-state index in [4.69, 9.17) is 26.3 Å². The van der Waals surface area contributed by atoms with Crippen LogP contribution in [0.1, 0.15) is 32.1 Å². The Morgan fingerprint density at radius 3 is 2.38 bits per heavy atom. The predicted molar refractivity (Wildman–Crippen MR) is 101 cm³/mol. The van der Waals surface area contributed by atoms with E-state index in [9.17, 15) is 14.0 Å². The first-order valence-corrected chi connectivity index (χ1v) is 9.89. The molecule has 2 amide bonds. The van der Waals surface area contributed by atoms with E-state index in [0.29, 0.717) is 32.1 Å². The number of ether oxygens (including phenoxy) is 2. The lowest BCUT2D eigenvalue weighted by Gasteiger charge is -2.70. The first kappa shape index (κ1) is 19.9. The van der Waals surface area contributed by atoms with Crippen LogP contribution in [0.5, 0.6) is 5.75 Å². The number of nitriles is 1. The van der Waals surface area contributed by atoms with E-state index in [1.807, 2.05) is 0 Å². The molecule has 2 bridgehead atoms. The van der Waals surface area contributed by atoms with Crippen LogP contribution in [-0.2, 0) is 14.3 Å². The molecule has 0 aromatic heterocycles. The molecule has 1 aromatic carbocycles. The minimum atomic E-state index is -0.604. The first-order chi connectivity index (χ1) is 13.8. The first-order valence-electron chi connectivity index (χ1n) is 9.52. The molecule has 7 nitrogen and oxygen atoms in total. The number of nitrogens with one attached hydrogen (secondary N) is 2. The normalized spacial score (nSPS) is 31.3. The maximum Gasteiger partial charge on any atom is 0.258 e. The second-order valence-corrected chi connectivity index (χ2v) is 8.69. The predicted octanol–water partition coefficient (Wildman–Crippen LogP) is 2.08. The molecule has 0 spiro atoms. The van der Waals surface area contributed by atoms with E-state index in [0.717, 1.165) is 6.07 Å². The second kappa shape index (κ2) is 7.47. The molecule has 0 aliphatic heterocycles. The molecule has 5 rings (SSSR count). The van der Waals surface area contributed by atoms with Gasteiger partial charge in [-0.15, -0.1) is 0 Å². The van der Waals surface area contributed by atoms with Gasteiger partial charge < -0.3 is 20.1 Å². The van der Waals surface area contributed by atoms with Crippen LogP contribution < -0.4 is 15.4 Å². The highest BCUT2D eigenvalue weighted by Crippen LogP contribution is 2.60. The van der Waals surface area contributed by atoms with Crippen LogP contribution in [0.3, 0.4) is 0 Å². The van der Waals surface area contributed by atoms with Crippen molar-refractivity contribution in [3.63, 3.8) is 0 Å². The minimum Gasteiger partial charge on any atom is -0.484 e. The van der Waals surface area contributed by atoms with Gasteiger partial charge in [0.25, 0.3) is 5.91 Å². The number of hydrogen-bond donors (Lipinski definition) is 2. The average Bonchev–Trinajstić information content (AvgIpc) is 2.58. The SMILES string of the molecule is N#CC1CC(OCC(=O)NC23CC(NC(=O)COc4ccc(Cl)c(F)c4)(C2)C3)C1. The fraction of sp³-hybridized carbons (Fsp3) is 0.550. The molecule has 154 valence electrons. The van der Waals surface area contributed by atoms with Gasteiger partial charge in [0.05, 0.1) is 23.1 Å². The lowest BCUT2D eigenvalue weighted by atomic mass is 9.44. The summed E-state index contributed by atoms with van der Waals surface area (Å²) in [4.78, 5) is 24.2. The van der Waals surface area contributed by atoms with E-state index in [-0.39, 0.29) is 58.9 Å². The summed E-state index contributed by atoms with van der Waals surface area (Å²) in [6.45, 7) is -0.226. The summed E-state index contributed by atoms with van der Waals surface area (Å²) in [5.41, 5.74) is -0.559. The Hall–Kier alpha value is -2.37. The zero-order chi connectivity index (χ0) is 20.6. The molecule has 2 N–H and O–H groups in total. The molecule has 0 saturated heterocycles. The largest absolute Gasteiger partial charge is 0.484 e. The van der Waals surface area contributed by atoms with Crippen molar-refractivity contribution in [2.24, 2.45) is 5.92 Å². The number of halogens is 2. The number of nitrogens with zero attached hydrogens (tertiary/aromatic N) is 1. The van der Waals surface area contributed by atoms with E-state index in [1.165, 1.54) is 12.1 Å². The van der Waals surface area contributed by atoms with Crippen LogP contribution in [0.15, 0.2) is 18.2 Å². The summed E-state index contributed by atoms with van der Waals surface area (Å²) < 4.78 is 24.2. The molecule has 4 aliphatic rings. The quantitative estimate of drug-likeness (QED) is 0.669. The molecular formula is C20H21ClFN3O4. The summed E-state index contributed by atoms with van der Waals surface area (Å²) in [7, 11) is 0. The summed E-state index contributed by atoms with van der Waals surface area (Å²) in [6, 6.07) is 6.18. The smallest absolute Gasteiger partial charge is 0.258 e. The molecule has 4 aliphatic carbocycles. The van der Waals surface area contributed by atoms with E-state index in [1.54, 1.807) is 0 Å². The van der Waals surface area contributed by atoms with Gasteiger partial charge in [-0.3, -0.25) is 9.59 Å². The summed E-state index contributed by atoms with van der Waals surface area (Å²) in [6.07, 6.45) is 3.40. The number of hydrogen-bond acceptors (Lipinski definition) is 5. The third-order valence-corrected chi connectivity index (χ3v) is 6.13. The second-order valence-electron chi connectivity index (χ2n) is 8.28. The zero-order valence-corrected chi connectivity index (χ0v) is 16.4. The number of benzene rings is 1. The summed E-state index contributed by atoms with van der Waals surface area (Å²) >= 11 is 5.61. The lowest BCUT2D eigenvalue weighted by molar-refractivity contribution is -0.154. The highest BCUT2D eigenvalue weighted by molar-refractivity contribution is 6.30. The van der Waals surface area contributed by atoms with Gasteiger partial charge in [-0.05, 0) is 44.2 Å².